The van der Waals surface area contributed by atoms with Crippen molar-refractivity contribution >= 4 is 28.3 Å². The molecule has 1 aromatic rings. The van der Waals surface area contributed by atoms with Gasteiger partial charge in [-0.1, -0.05) is 40.9 Å². The second-order valence-corrected chi connectivity index (χ2v) is 5.16. The van der Waals surface area contributed by atoms with Crippen LogP contribution in [0.5, 0.6) is 0 Å². The van der Waals surface area contributed by atoms with E-state index in [1.807, 2.05) is 0 Å². The first-order valence-corrected chi connectivity index (χ1v) is 5.98. The van der Waals surface area contributed by atoms with Crippen molar-refractivity contribution < 1.29 is 0 Å². The Bertz CT molecular complexity index is 336. The van der Waals surface area contributed by atoms with E-state index in [4.69, 9.17) is 5.73 Å². The molecule has 1 fully saturated rings. The van der Waals surface area contributed by atoms with Crippen LogP contribution in [-0.2, 0) is 0 Å². The van der Waals surface area contributed by atoms with Crippen LogP contribution >= 0.6 is 28.3 Å². The summed E-state index contributed by atoms with van der Waals surface area (Å²) in [6.45, 7) is 2.10. The minimum atomic E-state index is 0. The van der Waals surface area contributed by atoms with Crippen molar-refractivity contribution in [2.45, 2.75) is 32.2 Å². The Labute approximate surface area is 106 Å². The Hall–Kier alpha value is -0.0500. The molecule has 0 aromatic heterocycles. The molecule has 1 atom stereocenters. The van der Waals surface area contributed by atoms with Crippen LogP contribution in [0.1, 0.15) is 36.4 Å². The molecule has 1 saturated carbocycles. The van der Waals surface area contributed by atoms with E-state index < -0.39 is 0 Å². The second kappa shape index (κ2) is 5.33. The van der Waals surface area contributed by atoms with Gasteiger partial charge in [-0.05, 0) is 36.5 Å². The van der Waals surface area contributed by atoms with Gasteiger partial charge in [0.15, 0.2) is 0 Å². The summed E-state index contributed by atoms with van der Waals surface area (Å²) in [6.07, 6.45) is 3.88. The Kier molecular flexibility index (Phi) is 4.63. The standard InChI is InChI=1S/C12H16BrN.ClH/c1-8-2-5-10(11(13)6-8)12(14)7-9-3-4-9;/h2,5-6,9,12H,3-4,7,14H2,1H3;1H/t12-;/m0./s1. The zero-order valence-electron chi connectivity index (χ0n) is 8.87. The first kappa shape index (κ1) is 13.0. The maximum absolute atomic E-state index is 6.16. The van der Waals surface area contributed by atoms with Crippen LogP contribution in [-0.4, -0.2) is 0 Å². The maximum Gasteiger partial charge on any atom is 0.0308 e. The first-order valence-electron chi connectivity index (χ1n) is 5.18. The minimum absolute atomic E-state index is 0. The molecule has 1 aliphatic rings. The van der Waals surface area contributed by atoms with Gasteiger partial charge in [0.2, 0.25) is 0 Å². The molecular weight excluding hydrogens is 273 g/mol. The molecular formula is C12H17BrClN. The number of benzene rings is 1. The van der Waals surface area contributed by atoms with Crippen molar-refractivity contribution in [3.8, 4) is 0 Å². The smallest absolute Gasteiger partial charge is 0.0308 e. The Morgan fingerprint density at radius 3 is 2.67 bits per heavy atom. The molecule has 2 rings (SSSR count). The third-order valence-corrected chi connectivity index (χ3v) is 3.53. The lowest BCUT2D eigenvalue weighted by atomic mass is 10.0. The Morgan fingerprint density at radius 2 is 2.13 bits per heavy atom. The van der Waals surface area contributed by atoms with E-state index >= 15 is 0 Å². The lowest BCUT2D eigenvalue weighted by molar-refractivity contribution is 0.595. The average molecular weight is 291 g/mol. The van der Waals surface area contributed by atoms with Gasteiger partial charge >= 0.3 is 0 Å². The fraction of sp³-hybridized carbons (Fsp3) is 0.500. The zero-order chi connectivity index (χ0) is 10.1. The highest BCUT2D eigenvalue weighted by molar-refractivity contribution is 9.10. The topological polar surface area (TPSA) is 26.0 Å². The zero-order valence-corrected chi connectivity index (χ0v) is 11.3. The van der Waals surface area contributed by atoms with Crippen LogP contribution in [0.2, 0.25) is 0 Å². The largest absolute Gasteiger partial charge is 0.324 e. The molecule has 0 aliphatic heterocycles. The summed E-state index contributed by atoms with van der Waals surface area (Å²) < 4.78 is 1.16. The van der Waals surface area contributed by atoms with Crippen molar-refractivity contribution in [3.05, 3.63) is 33.8 Å². The van der Waals surface area contributed by atoms with Gasteiger partial charge in [-0.3, -0.25) is 0 Å². The minimum Gasteiger partial charge on any atom is -0.324 e. The van der Waals surface area contributed by atoms with Crippen LogP contribution in [0.25, 0.3) is 0 Å². The summed E-state index contributed by atoms with van der Waals surface area (Å²) in [4.78, 5) is 0. The Morgan fingerprint density at radius 1 is 1.47 bits per heavy atom. The van der Waals surface area contributed by atoms with Crippen molar-refractivity contribution in [1.29, 1.82) is 0 Å². The fourth-order valence-corrected chi connectivity index (χ4v) is 2.56. The third-order valence-electron chi connectivity index (χ3n) is 2.84. The van der Waals surface area contributed by atoms with Gasteiger partial charge in [0.1, 0.15) is 0 Å². The normalized spacial score (nSPS) is 17.0. The second-order valence-electron chi connectivity index (χ2n) is 4.31. The number of rotatable bonds is 3. The number of nitrogens with two attached hydrogens (primary N) is 1. The number of hydrogen-bond donors (Lipinski definition) is 1. The molecule has 84 valence electrons. The van der Waals surface area contributed by atoms with Gasteiger partial charge in [0.05, 0.1) is 0 Å². The van der Waals surface area contributed by atoms with Crippen molar-refractivity contribution in [1.82, 2.24) is 0 Å². The molecule has 2 N–H and O–H groups in total. The highest BCUT2D eigenvalue weighted by Gasteiger charge is 2.25. The van der Waals surface area contributed by atoms with Crippen molar-refractivity contribution in [3.63, 3.8) is 0 Å². The molecule has 0 amide bonds. The molecule has 0 unspecified atom stereocenters. The van der Waals surface area contributed by atoms with Gasteiger partial charge in [0, 0.05) is 10.5 Å². The molecule has 0 saturated heterocycles. The van der Waals surface area contributed by atoms with Gasteiger partial charge in [0.25, 0.3) is 0 Å². The van der Waals surface area contributed by atoms with E-state index in [1.54, 1.807) is 0 Å². The summed E-state index contributed by atoms with van der Waals surface area (Å²) in [6, 6.07) is 6.62. The van der Waals surface area contributed by atoms with Crippen molar-refractivity contribution in [2.24, 2.45) is 11.7 Å². The molecule has 3 heteroatoms. The number of hydrogen-bond acceptors (Lipinski definition) is 1. The lowest BCUT2D eigenvalue weighted by Crippen LogP contribution is -2.11. The van der Waals surface area contributed by atoms with Gasteiger partial charge in [-0.25, -0.2) is 0 Å². The van der Waals surface area contributed by atoms with Crippen LogP contribution in [0.4, 0.5) is 0 Å². The van der Waals surface area contributed by atoms with Crippen LogP contribution in [0, 0.1) is 12.8 Å². The molecule has 0 heterocycles. The number of aryl methyl sites for hydroxylation is 1. The molecule has 15 heavy (non-hydrogen) atoms. The van der Waals surface area contributed by atoms with E-state index in [2.05, 4.69) is 41.1 Å². The predicted octanol–water partition coefficient (Wildman–Crippen LogP) is 3.98. The molecule has 1 aromatic carbocycles. The predicted molar refractivity (Wildman–Crippen MR) is 70.4 cm³/mol. The summed E-state index contributed by atoms with van der Waals surface area (Å²) >= 11 is 3.58. The maximum atomic E-state index is 6.16. The van der Waals surface area contributed by atoms with Crippen molar-refractivity contribution in [2.75, 3.05) is 0 Å². The highest BCUT2D eigenvalue weighted by Crippen LogP contribution is 2.38. The summed E-state index contributed by atoms with van der Waals surface area (Å²) in [5, 5.41) is 0. The van der Waals surface area contributed by atoms with Gasteiger partial charge < -0.3 is 5.73 Å². The van der Waals surface area contributed by atoms with E-state index in [1.165, 1.54) is 24.0 Å². The molecule has 0 radical (unpaired) electrons. The highest BCUT2D eigenvalue weighted by atomic mass is 79.9. The lowest BCUT2D eigenvalue weighted by Gasteiger charge is -2.13. The van der Waals surface area contributed by atoms with Crippen LogP contribution in [0.3, 0.4) is 0 Å². The monoisotopic (exact) mass is 289 g/mol. The van der Waals surface area contributed by atoms with Gasteiger partial charge in [-0.2, -0.15) is 0 Å². The molecule has 1 nitrogen and oxygen atoms in total. The molecule has 0 spiro atoms. The average Bonchev–Trinajstić information content (AvgIpc) is 2.87. The van der Waals surface area contributed by atoms with E-state index in [9.17, 15) is 0 Å². The van der Waals surface area contributed by atoms with E-state index in [0.29, 0.717) is 0 Å². The summed E-state index contributed by atoms with van der Waals surface area (Å²) in [5.41, 5.74) is 8.69. The molecule has 1 aliphatic carbocycles. The third kappa shape index (κ3) is 3.47. The summed E-state index contributed by atoms with van der Waals surface area (Å²) in [7, 11) is 0. The fourth-order valence-electron chi connectivity index (χ4n) is 1.77. The SMILES string of the molecule is Cc1ccc([C@@H](N)CC2CC2)c(Br)c1.Cl. The van der Waals surface area contributed by atoms with Crippen LogP contribution < -0.4 is 5.73 Å². The quantitative estimate of drug-likeness (QED) is 0.895. The summed E-state index contributed by atoms with van der Waals surface area (Å²) in [5.74, 6) is 0.887. The first-order chi connectivity index (χ1) is 6.66. The molecule has 0 bridgehead atoms. The van der Waals surface area contributed by atoms with E-state index in [-0.39, 0.29) is 18.4 Å². The van der Waals surface area contributed by atoms with Crippen LogP contribution in [0.15, 0.2) is 22.7 Å². The Balaban J connectivity index is 0.00000112. The number of halogens is 2. The van der Waals surface area contributed by atoms with E-state index in [0.717, 1.165) is 16.8 Å². The van der Waals surface area contributed by atoms with Gasteiger partial charge in [-0.15, -0.1) is 12.4 Å².